The summed E-state index contributed by atoms with van der Waals surface area (Å²) in [5, 5.41) is 9.31. The SMILES string of the molecule is Nc1cccc(SCCS(=O)(=O)Nc2cccc(O)c2)c1. The summed E-state index contributed by atoms with van der Waals surface area (Å²) < 4.78 is 26.3. The van der Waals surface area contributed by atoms with Crippen molar-refractivity contribution in [3.05, 3.63) is 48.5 Å². The van der Waals surface area contributed by atoms with E-state index in [4.69, 9.17) is 5.73 Å². The molecule has 112 valence electrons. The fourth-order valence-corrected chi connectivity index (χ4v) is 4.10. The average Bonchev–Trinajstić information content (AvgIpc) is 2.38. The Kier molecular flexibility index (Phi) is 4.98. The molecular formula is C14H16N2O3S2. The second-order valence-electron chi connectivity index (χ2n) is 4.39. The smallest absolute Gasteiger partial charge is 0.233 e. The molecule has 0 amide bonds. The molecule has 0 aromatic heterocycles. The van der Waals surface area contributed by atoms with Crippen molar-refractivity contribution in [2.75, 3.05) is 22.0 Å². The monoisotopic (exact) mass is 324 g/mol. The summed E-state index contributed by atoms with van der Waals surface area (Å²) in [4.78, 5) is 0.933. The largest absolute Gasteiger partial charge is 0.508 e. The van der Waals surface area contributed by atoms with Crippen LogP contribution in [0.5, 0.6) is 5.75 Å². The van der Waals surface area contributed by atoms with Crippen LogP contribution < -0.4 is 10.5 Å². The molecule has 5 nitrogen and oxygen atoms in total. The normalized spacial score (nSPS) is 11.2. The molecule has 0 saturated carbocycles. The van der Waals surface area contributed by atoms with Crippen molar-refractivity contribution in [3.8, 4) is 5.75 Å². The number of anilines is 2. The topological polar surface area (TPSA) is 92.4 Å². The van der Waals surface area contributed by atoms with Gasteiger partial charge in [-0.05, 0) is 30.3 Å². The Balaban J connectivity index is 1.90. The summed E-state index contributed by atoms with van der Waals surface area (Å²) >= 11 is 1.43. The zero-order chi connectivity index (χ0) is 15.3. The fraction of sp³-hybridized carbons (Fsp3) is 0.143. The van der Waals surface area contributed by atoms with E-state index in [0.29, 0.717) is 17.1 Å². The van der Waals surface area contributed by atoms with Gasteiger partial charge in [0.25, 0.3) is 0 Å². The standard InChI is InChI=1S/C14H16N2O3S2/c15-11-3-1-6-14(9-11)20-7-8-21(18,19)16-12-4-2-5-13(17)10-12/h1-6,9-10,16-17H,7-8,15H2. The van der Waals surface area contributed by atoms with Gasteiger partial charge in [0.15, 0.2) is 0 Å². The molecule has 2 aromatic carbocycles. The van der Waals surface area contributed by atoms with Crippen molar-refractivity contribution in [3.63, 3.8) is 0 Å². The summed E-state index contributed by atoms with van der Waals surface area (Å²) in [7, 11) is -3.44. The predicted molar refractivity (Wildman–Crippen MR) is 87.1 cm³/mol. The van der Waals surface area contributed by atoms with Gasteiger partial charge in [0.2, 0.25) is 10.0 Å². The number of sulfonamides is 1. The number of nitrogen functional groups attached to an aromatic ring is 1. The van der Waals surface area contributed by atoms with Crippen LogP contribution >= 0.6 is 11.8 Å². The van der Waals surface area contributed by atoms with Gasteiger partial charge in [0.05, 0.1) is 11.4 Å². The number of nitrogens with two attached hydrogens (primary N) is 1. The fourth-order valence-electron chi connectivity index (χ4n) is 1.67. The van der Waals surface area contributed by atoms with Crippen LogP contribution in [0.4, 0.5) is 11.4 Å². The molecule has 2 aromatic rings. The van der Waals surface area contributed by atoms with Gasteiger partial charge < -0.3 is 10.8 Å². The number of benzene rings is 2. The van der Waals surface area contributed by atoms with Crippen molar-refractivity contribution in [2.45, 2.75) is 4.90 Å². The molecule has 21 heavy (non-hydrogen) atoms. The number of phenolic OH excluding ortho intramolecular Hbond substituents is 1. The number of hydrogen-bond acceptors (Lipinski definition) is 5. The molecule has 0 fully saturated rings. The van der Waals surface area contributed by atoms with E-state index in [2.05, 4.69) is 4.72 Å². The number of phenols is 1. The minimum Gasteiger partial charge on any atom is -0.508 e. The van der Waals surface area contributed by atoms with Crippen LogP contribution in [0.15, 0.2) is 53.4 Å². The summed E-state index contributed by atoms with van der Waals surface area (Å²) in [5.41, 5.74) is 6.67. The van der Waals surface area contributed by atoms with Crippen LogP contribution in [0.3, 0.4) is 0 Å². The van der Waals surface area contributed by atoms with Crippen molar-refractivity contribution >= 4 is 33.2 Å². The Labute approximate surface area is 128 Å². The molecule has 0 bridgehead atoms. The molecule has 0 spiro atoms. The summed E-state index contributed by atoms with van der Waals surface area (Å²) in [6.45, 7) is 0. The van der Waals surface area contributed by atoms with E-state index in [1.165, 1.54) is 23.9 Å². The Bertz CT molecular complexity index is 718. The summed E-state index contributed by atoms with van der Waals surface area (Å²) in [6.07, 6.45) is 0. The molecule has 0 atom stereocenters. The molecule has 0 unspecified atom stereocenters. The number of hydrogen-bond donors (Lipinski definition) is 3. The van der Waals surface area contributed by atoms with Crippen LogP contribution in [-0.4, -0.2) is 25.0 Å². The molecule has 4 N–H and O–H groups in total. The highest BCUT2D eigenvalue weighted by Crippen LogP contribution is 2.21. The lowest BCUT2D eigenvalue weighted by Gasteiger charge is -2.08. The van der Waals surface area contributed by atoms with E-state index < -0.39 is 10.0 Å². The molecule has 0 aliphatic rings. The van der Waals surface area contributed by atoms with E-state index in [1.54, 1.807) is 24.3 Å². The first kappa shape index (κ1) is 15.5. The van der Waals surface area contributed by atoms with Gasteiger partial charge >= 0.3 is 0 Å². The van der Waals surface area contributed by atoms with Gasteiger partial charge in [0.1, 0.15) is 5.75 Å². The minimum absolute atomic E-state index is 0.0179. The molecule has 0 radical (unpaired) electrons. The third-order valence-electron chi connectivity index (χ3n) is 2.60. The first-order chi connectivity index (χ1) is 9.94. The Morgan fingerprint density at radius 3 is 2.62 bits per heavy atom. The van der Waals surface area contributed by atoms with Gasteiger partial charge in [-0.15, -0.1) is 11.8 Å². The summed E-state index contributed by atoms with van der Waals surface area (Å²) in [6, 6.07) is 13.3. The van der Waals surface area contributed by atoms with Crippen LogP contribution in [0.2, 0.25) is 0 Å². The quantitative estimate of drug-likeness (QED) is 0.561. The highest BCUT2D eigenvalue weighted by atomic mass is 32.2. The third-order valence-corrected chi connectivity index (χ3v) is 5.14. The first-order valence-electron chi connectivity index (χ1n) is 6.22. The molecule has 7 heteroatoms. The molecule has 0 heterocycles. The van der Waals surface area contributed by atoms with E-state index in [9.17, 15) is 13.5 Å². The predicted octanol–water partition coefficient (Wildman–Crippen LogP) is 2.51. The Morgan fingerprint density at radius 2 is 1.90 bits per heavy atom. The number of nitrogens with one attached hydrogen (secondary N) is 1. The third kappa shape index (κ3) is 5.20. The highest BCUT2D eigenvalue weighted by molar-refractivity contribution is 8.01. The van der Waals surface area contributed by atoms with Crippen molar-refractivity contribution in [2.24, 2.45) is 0 Å². The van der Waals surface area contributed by atoms with Gasteiger partial charge in [0, 0.05) is 22.4 Å². The second-order valence-corrected chi connectivity index (χ2v) is 7.40. The van der Waals surface area contributed by atoms with Gasteiger partial charge in [-0.25, -0.2) is 8.42 Å². The number of rotatable bonds is 6. The lowest BCUT2D eigenvalue weighted by atomic mass is 10.3. The molecule has 0 saturated heterocycles. The summed E-state index contributed by atoms with van der Waals surface area (Å²) in [5.74, 6) is 0.407. The highest BCUT2D eigenvalue weighted by Gasteiger charge is 2.11. The Morgan fingerprint density at radius 1 is 1.14 bits per heavy atom. The van der Waals surface area contributed by atoms with Gasteiger partial charge in [-0.1, -0.05) is 12.1 Å². The molecule has 2 rings (SSSR count). The van der Waals surface area contributed by atoms with Gasteiger partial charge in [-0.3, -0.25) is 4.72 Å². The molecular weight excluding hydrogens is 308 g/mol. The maximum atomic E-state index is 11.9. The van der Waals surface area contributed by atoms with Crippen LogP contribution in [0.25, 0.3) is 0 Å². The van der Waals surface area contributed by atoms with Crippen molar-refractivity contribution in [1.82, 2.24) is 0 Å². The van der Waals surface area contributed by atoms with Crippen LogP contribution in [-0.2, 0) is 10.0 Å². The maximum absolute atomic E-state index is 11.9. The molecule has 0 aliphatic heterocycles. The first-order valence-corrected chi connectivity index (χ1v) is 8.86. The lowest BCUT2D eigenvalue weighted by Crippen LogP contribution is -2.18. The van der Waals surface area contributed by atoms with E-state index in [-0.39, 0.29) is 11.5 Å². The number of thioether (sulfide) groups is 1. The van der Waals surface area contributed by atoms with Crippen molar-refractivity contribution in [1.29, 1.82) is 0 Å². The average molecular weight is 324 g/mol. The Hall–Kier alpha value is -1.86. The minimum atomic E-state index is -3.44. The van der Waals surface area contributed by atoms with E-state index >= 15 is 0 Å². The van der Waals surface area contributed by atoms with E-state index in [1.807, 2.05) is 12.1 Å². The maximum Gasteiger partial charge on any atom is 0.233 e. The van der Waals surface area contributed by atoms with Crippen LogP contribution in [0, 0.1) is 0 Å². The zero-order valence-corrected chi connectivity index (χ0v) is 12.8. The number of aromatic hydroxyl groups is 1. The van der Waals surface area contributed by atoms with Crippen LogP contribution in [0.1, 0.15) is 0 Å². The van der Waals surface area contributed by atoms with E-state index in [0.717, 1.165) is 4.90 Å². The lowest BCUT2D eigenvalue weighted by molar-refractivity contribution is 0.475. The van der Waals surface area contributed by atoms with Crippen molar-refractivity contribution < 1.29 is 13.5 Å². The molecule has 0 aliphatic carbocycles. The second kappa shape index (κ2) is 6.73. The van der Waals surface area contributed by atoms with Gasteiger partial charge in [-0.2, -0.15) is 0 Å². The zero-order valence-electron chi connectivity index (χ0n) is 11.2.